The van der Waals surface area contributed by atoms with Gasteiger partial charge in [0.15, 0.2) is 0 Å². The van der Waals surface area contributed by atoms with Crippen molar-refractivity contribution >= 4 is 40.7 Å². The molecular weight excluding hydrogens is 530 g/mol. The molecule has 0 spiro atoms. The molecule has 2 aliphatic heterocycles. The van der Waals surface area contributed by atoms with Gasteiger partial charge in [-0.3, -0.25) is 9.59 Å². The van der Waals surface area contributed by atoms with Gasteiger partial charge >= 0.3 is 6.18 Å². The molecule has 2 aromatic rings. The molecule has 2 aromatic carbocycles. The van der Waals surface area contributed by atoms with Crippen LogP contribution in [0, 0.1) is 11.8 Å². The summed E-state index contributed by atoms with van der Waals surface area (Å²) in [5.74, 6) is -0.978. The predicted octanol–water partition coefficient (Wildman–Crippen LogP) is 4.82. The van der Waals surface area contributed by atoms with Crippen LogP contribution in [-0.2, 0) is 10.4 Å². The molecule has 37 heavy (non-hydrogen) atoms. The first kappa shape index (κ1) is 27.5. The normalized spacial score (nSPS) is 18.8. The zero-order chi connectivity index (χ0) is 27.1. The van der Waals surface area contributed by atoms with E-state index in [1.54, 1.807) is 26.2 Å². The van der Waals surface area contributed by atoms with Crippen LogP contribution in [-0.4, -0.2) is 73.2 Å². The molecule has 2 fully saturated rings. The number of rotatable bonds is 5. The molecule has 11 heteroatoms. The van der Waals surface area contributed by atoms with E-state index in [4.69, 9.17) is 23.2 Å². The van der Waals surface area contributed by atoms with Gasteiger partial charge < -0.3 is 19.8 Å². The number of anilines is 1. The Balaban J connectivity index is 1.36. The third-order valence-electron chi connectivity index (χ3n) is 7.32. The van der Waals surface area contributed by atoms with Crippen molar-refractivity contribution in [1.82, 2.24) is 9.80 Å². The van der Waals surface area contributed by atoms with Gasteiger partial charge in [-0.1, -0.05) is 35.3 Å². The number of benzene rings is 2. The van der Waals surface area contributed by atoms with Crippen molar-refractivity contribution in [1.29, 1.82) is 0 Å². The summed E-state index contributed by atoms with van der Waals surface area (Å²) in [6, 6.07) is 10.0. The fourth-order valence-corrected chi connectivity index (χ4v) is 5.51. The number of nitrogens with zero attached hydrogens (tertiary/aromatic N) is 3. The summed E-state index contributed by atoms with van der Waals surface area (Å²) in [5, 5.41) is 11.0. The summed E-state index contributed by atoms with van der Waals surface area (Å²) in [6.45, 7) is 1.77. The zero-order valence-electron chi connectivity index (χ0n) is 20.4. The monoisotopic (exact) mass is 557 g/mol. The summed E-state index contributed by atoms with van der Waals surface area (Å²) < 4.78 is 41.9. The van der Waals surface area contributed by atoms with Gasteiger partial charge in [0.1, 0.15) is 0 Å². The smallest absolute Gasteiger partial charge is 0.371 e. The lowest BCUT2D eigenvalue weighted by Gasteiger charge is -2.48. The lowest BCUT2D eigenvalue weighted by Crippen LogP contribution is -2.58. The second-order valence-corrected chi connectivity index (χ2v) is 10.7. The predicted molar refractivity (Wildman–Crippen MR) is 136 cm³/mol. The maximum atomic E-state index is 14.0. The number of likely N-dealkylation sites (tertiary alicyclic amines) is 1. The highest BCUT2D eigenvalue weighted by Gasteiger charge is 2.62. The number of hydrogen-bond donors (Lipinski definition) is 1. The fourth-order valence-electron chi connectivity index (χ4n) is 5.06. The fraction of sp³-hybridized carbons (Fsp3) is 0.462. The second-order valence-electron chi connectivity index (χ2n) is 9.88. The van der Waals surface area contributed by atoms with Gasteiger partial charge in [-0.2, -0.15) is 13.2 Å². The van der Waals surface area contributed by atoms with E-state index in [0.29, 0.717) is 29.3 Å². The van der Waals surface area contributed by atoms with E-state index in [0.717, 1.165) is 35.8 Å². The van der Waals surface area contributed by atoms with E-state index in [2.05, 4.69) is 4.90 Å². The van der Waals surface area contributed by atoms with Crippen LogP contribution in [0.3, 0.4) is 0 Å². The highest BCUT2D eigenvalue weighted by molar-refractivity contribution is 6.34. The van der Waals surface area contributed by atoms with Crippen molar-refractivity contribution in [3.63, 3.8) is 0 Å². The quantitative estimate of drug-likeness (QED) is 0.572. The molecule has 0 saturated carbocycles. The Morgan fingerprint density at radius 1 is 1.00 bits per heavy atom. The minimum absolute atomic E-state index is 0.00134. The van der Waals surface area contributed by atoms with E-state index >= 15 is 0 Å². The summed E-state index contributed by atoms with van der Waals surface area (Å²) in [6.07, 6.45) is -4.11. The number of piperidine rings is 1. The third kappa shape index (κ3) is 5.26. The average Bonchev–Trinajstić information content (AvgIpc) is 2.81. The van der Waals surface area contributed by atoms with Crippen LogP contribution in [0.2, 0.25) is 10.0 Å². The van der Waals surface area contributed by atoms with Crippen LogP contribution in [0.5, 0.6) is 0 Å². The second kappa shape index (κ2) is 10.3. The van der Waals surface area contributed by atoms with Crippen molar-refractivity contribution in [3.8, 4) is 0 Å². The number of halogens is 5. The Morgan fingerprint density at radius 3 is 2.19 bits per heavy atom. The topological polar surface area (TPSA) is 64.1 Å². The van der Waals surface area contributed by atoms with Crippen LogP contribution < -0.4 is 4.90 Å². The summed E-state index contributed by atoms with van der Waals surface area (Å²) >= 11 is 12.2. The van der Waals surface area contributed by atoms with Crippen molar-refractivity contribution in [2.45, 2.75) is 24.6 Å². The summed E-state index contributed by atoms with van der Waals surface area (Å²) in [7, 11) is 3.32. The van der Waals surface area contributed by atoms with Gasteiger partial charge in [0.05, 0.1) is 10.6 Å². The Kier molecular flexibility index (Phi) is 7.70. The molecule has 200 valence electrons. The Hall–Kier alpha value is -2.49. The zero-order valence-corrected chi connectivity index (χ0v) is 21.9. The van der Waals surface area contributed by atoms with Crippen LogP contribution in [0.15, 0.2) is 42.5 Å². The van der Waals surface area contributed by atoms with Gasteiger partial charge in [0.25, 0.3) is 17.4 Å². The van der Waals surface area contributed by atoms with Crippen molar-refractivity contribution in [3.05, 3.63) is 63.6 Å². The van der Waals surface area contributed by atoms with Gasteiger partial charge in [0, 0.05) is 56.5 Å². The average molecular weight is 558 g/mol. The largest absolute Gasteiger partial charge is 0.430 e. The maximum Gasteiger partial charge on any atom is 0.430 e. The first-order chi connectivity index (χ1) is 17.3. The standard InChI is InChI=1S/C26H28Cl2F3N3O3/c1-32(2)23(35)21-7-6-20(13-22(21)28)34-14-17(15-34)16-8-10-33(11-9-16)24(36)25(37,26(29,30)31)18-4-3-5-19(27)12-18/h3-7,12-13,16-17,37H,8-11,14-15H2,1-2H3. The highest BCUT2D eigenvalue weighted by Crippen LogP contribution is 2.43. The molecule has 0 radical (unpaired) electrons. The molecular formula is C26H28Cl2F3N3O3. The first-order valence-corrected chi connectivity index (χ1v) is 12.7. The highest BCUT2D eigenvalue weighted by atomic mass is 35.5. The molecule has 2 aliphatic rings. The molecule has 1 atom stereocenters. The molecule has 2 heterocycles. The van der Waals surface area contributed by atoms with Gasteiger partial charge in [-0.05, 0) is 55.0 Å². The van der Waals surface area contributed by atoms with Crippen LogP contribution >= 0.6 is 23.2 Å². The van der Waals surface area contributed by atoms with Crippen LogP contribution in [0.1, 0.15) is 28.8 Å². The molecule has 2 saturated heterocycles. The number of alkyl halides is 3. The third-order valence-corrected chi connectivity index (χ3v) is 7.87. The number of aliphatic hydroxyl groups is 1. The Morgan fingerprint density at radius 2 is 1.65 bits per heavy atom. The van der Waals surface area contributed by atoms with Crippen molar-refractivity contribution in [2.24, 2.45) is 11.8 Å². The minimum atomic E-state index is -5.20. The first-order valence-electron chi connectivity index (χ1n) is 11.9. The van der Waals surface area contributed by atoms with E-state index < -0.39 is 23.2 Å². The molecule has 6 nitrogen and oxygen atoms in total. The lowest BCUT2D eigenvalue weighted by molar-refractivity contribution is -0.262. The van der Waals surface area contributed by atoms with E-state index in [-0.39, 0.29) is 29.9 Å². The van der Waals surface area contributed by atoms with Gasteiger partial charge in [0.2, 0.25) is 0 Å². The molecule has 0 aliphatic carbocycles. The number of amides is 2. The number of carbonyl (C=O) groups is 2. The molecule has 4 rings (SSSR count). The van der Waals surface area contributed by atoms with Gasteiger partial charge in [-0.15, -0.1) is 0 Å². The van der Waals surface area contributed by atoms with Gasteiger partial charge in [-0.25, -0.2) is 0 Å². The van der Waals surface area contributed by atoms with E-state index in [9.17, 15) is 27.9 Å². The molecule has 2 amide bonds. The minimum Gasteiger partial charge on any atom is -0.371 e. The van der Waals surface area contributed by atoms with E-state index in [1.165, 1.54) is 17.0 Å². The maximum absolute atomic E-state index is 14.0. The van der Waals surface area contributed by atoms with Crippen molar-refractivity contribution < 1.29 is 27.9 Å². The van der Waals surface area contributed by atoms with E-state index in [1.807, 2.05) is 6.07 Å². The SMILES string of the molecule is CN(C)C(=O)c1ccc(N2CC(C3CCN(C(=O)C(O)(c4cccc(Cl)c4)C(F)(F)F)CC3)C2)cc1Cl. The molecule has 0 aromatic heterocycles. The Labute approximate surface area is 223 Å². The lowest BCUT2D eigenvalue weighted by atomic mass is 9.79. The van der Waals surface area contributed by atoms with Crippen molar-refractivity contribution in [2.75, 3.05) is 45.2 Å². The molecule has 1 unspecified atom stereocenters. The number of hydrogen-bond acceptors (Lipinski definition) is 4. The number of carbonyl (C=O) groups excluding carboxylic acids is 2. The Bertz CT molecular complexity index is 1180. The van der Waals surface area contributed by atoms with Crippen LogP contribution in [0.4, 0.5) is 18.9 Å². The summed E-state index contributed by atoms with van der Waals surface area (Å²) in [4.78, 5) is 29.9. The molecule has 0 bridgehead atoms. The summed E-state index contributed by atoms with van der Waals surface area (Å²) in [5.41, 5.74) is -2.91. The molecule has 1 N–H and O–H groups in total. The van der Waals surface area contributed by atoms with Crippen LogP contribution in [0.25, 0.3) is 0 Å².